The predicted molar refractivity (Wildman–Crippen MR) is 103 cm³/mol. The first-order valence-electron chi connectivity index (χ1n) is 8.09. The standard InChI is InChI=1S/C18H15N3O6S/c22-18-8-7-15(13-3-1-2-4-14(13)18)19-20-16-6-5-12(9-10-28(25,26)27)11-17(16)21(23)24/h1-8,11,22H,9-10H2,(H,25,26,27). The third-order valence-electron chi connectivity index (χ3n) is 4.03. The number of hydrogen-bond donors (Lipinski definition) is 2. The molecule has 3 aromatic rings. The lowest BCUT2D eigenvalue weighted by Gasteiger charge is -2.04. The molecule has 0 unspecified atom stereocenters. The molecule has 144 valence electrons. The lowest BCUT2D eigenvalue weighted by molar-refractivity contribution is -0.384. The number of benzene rings is 3. The Kier molecular flexibility index (Phi) is 5.34. The predicted octanol–water partition coefficient (Wildman–Crippen LogP) is 4.30. The third-order valence-corrected chi connectivity index (χ3v) is 4.75. The van der Waals surface area contributed by atoms with Gasteiger partial charge in [-0.15, -0.1) is 10.2 Å². The molecule has 0 aromatic heterocycles. The van der Waals surface area contributed by atoms with Crippen molar-refractivity contribution >= 4 is 38.0 Å². The molecule has 28 heavy (non-hydrogen) atoms. The Morgan fingerprint density at radius 1 is 0.964 bits per heavy atom. The molecule has 0 aliphatic heterocycles. The molecule has 0 aliphatic rings. The molecule has 9 nitrogen and oxygen atoms in total. The molecular formula is C18H15N3O6S. The van der Waals surface area contributed by atoms with Crippen molar-refractivity contribution in [2.75, 3.05) is 5.75 Å². The van der Waals surface area contributed by atoms with Crippen molar-refractivity contribution in [1.29, 1.82) is 0 Å². The van der Waals surface area contributed by atoms with Crippen LogP contribution in [0, 0.1) is 10.1 Å². The number of rotatable bonds is 6. The fraction of sp³-hybridized carbons (Fsp3) is 0.111. The van der Waals surface area contributed by atoms with Gasteiger partial charge in [0.1, 0.15) is 5.75 Å². The summed E-state index contributed by atoms with van der Waals surface area (Å²) in [4.78, 5) is 10.7. The highest BCUT2D eigenvalue weighted by atomic mass is 32.2. The normalized spacial score (nSPS) is 11.9. The molecule has 0 saturated carbocycles. The number of phenolic OH excluding ortho intramolecular Hbond substituents is 1. The monoisotopic (exact) mass is 401 g/mol. The topological polar surface area (TPSA) is 142 Å². The zero-order valence-corrected chi connectivity index (χ0v) is 15.2. The summed E-state index contributed by atoms with van der Waals surface area (Å²) in [6.07, 6.45) is -0.0697. The second-order valence-corrected chi connectivity index (χ2v) is 7.54. The summed E-state index contributed by atoms with van der Waals surface area (Å²) < 4.78 is 30.5. The van der Waals surface area contributed by atoms with Crippen LogP contribution in [0.25, 0.3) is 10.8 Å². The van der Waals surface area contributed by atoms with Crippen LogP contribution in [0.15, 0.2) is 64.8 Å². The summed E-state index contributed by atoms with van der Waals surface area (Å²) in [7, 11) is -4.17. The lowest BCUT2D eigenvalue weighted by atomic mass is 10.1. The molecule has 0 saturated heterocycles. The number of nitro benzene ring substituents is 1. The van der Waals surface area contributed by atoms with E-state index >= 15 is 0 Å². The summed E-state index contributed by atoms with van der Waals surface area (Å²) in [5, 5.41) is 30.5. The smallest absolute Gasteiger partial charge is 0.296 e. The quantitative estimate of drug-likeness (QED) is 0.273. The van der Waals surface area contributed by atoms with Gasteiger partial charge in [-0.05, 0) is 30.2 Å². The van der Waals surface area contributed by atoms with Crippen molar-refractivity contribution in [3.05, 3.63) is 70.3 Å². The van der Waals surface area contributed by atoms with Gasteiger partial charge in [0.15, 0.2) is 5.69 Å². The highest BCUT2D eigenvalue weighted by Gasteiger charge is 2.16. The van der Waals surface area contributed by atoms with Gasteiger partial charge in [0.05, 0.1) is 16.4 Å². The number of fused-ring (bicyclic) bond motifs is 1. The first-order chi connectivity index (χ1) is 13.2. The van der Waals surface area contributed by atoms with E-state index in [1.807, 2.05) is 0 Å². The Balaban J connectivity index is 1.96. The molecule has 2 N–H and O–H groups in total. The molecule has 0 heterocycles. The molecule has 10 heteroatoms. The summed E-state index contributed by atoms with van der Waals surface area (Å²) in [6.45, 7) is 0. The van der Waals surface area contributed by atoms with Crippen LogP contribution in [-0.4, -0.2) is 28.8 Å². The van der Waals surface area contributed by atoms with E-state index in [1.165, 1.54) is 24.3 Å². The van der Waals surface area contributed by atoms with E-state index in [1.54, 1.807) is 30.3 Å². The Labute approximate surface area is 159 Å². The highest BCUT2D eigenvalue weighted by molar-refractivity contribution is 7.85. The van der Waals surface area contributed by atoms with Crippen molar-refractivity contribution in [1.82, 2.24) is 0 Å². The lowest BCUT2D eigenvalue weighted by Crippen LogP contribution is -2.06. The molecule has 3 rings (SSSR count). The van der Waals surface area contributed by atoms with E-state index in [0.717, 1.165) is 0 Å². The molecule has 0 amide bonds. The van der Waals surface area contributed by atoms with Gasteiger partial charge >= 0.3 is 0 Å². The molecule has 0 spiro atoms. The van der Waals surface area contributed by atoms with Crippen LogP contribution in [-0.2, 0) is 16.5 Å². The molecule has 0 atom stereocenters. The molecule has 0 fully saturated rings. The van der Waals surface area contributed by atoms with Crippen molar-refractivity contribution < 1.29 is 23.0 Å². The maximum absolute atomic E-state index is 11.3. The van der Waals surface area contributed by atoms with Gasteiger partial charge in [0.2, 0.25) is 0 Å². The summed E-state index contributed by atoms with van der Waals surface area (Å²) >= 11 is 0. The Morgan fingerprint density at radius 3 is 2.29 bits per heavy atom. The van der Waals surface area contributed by atoms with Gasteiger partial charge in [-0.25, -0.2) is 0 Å². The maximum atomic E-state index is 11.3. The van der Waals surface area contributed by atoms with Crippen molar-refractivity contribution in [3.8, 4) is 5.75 Å². The van der Waals surface area contributed by atoms with Crippen molar-refractivity contribution in [3.63, 3.8) is 0 Å². The van der Waals surface area contributed by atoms with E-state index in [9.17, 15) is 23.6 Å². The molecule has 0 radical (unpaired) electrons. The maximum Gasteiger partial charge on any atom is 0.296 e. The SMILES string of the molecule is O=[N+]([O-])c1cc(CCS(=O)(=O)O)ccc1N=Nc1ccc(O)c2ccccc12. The summed E-state index contributed by atoms with van der Waals surface area (Å²) in [5.74, 6) is -0.450. The number of nitrogens with zero attached hydrogens (tertiary/aromatic N) is 3. The fourth-order valence-corrected chi connectivity index (χ4v) is 3.16. The Morgan fingerprint density at radius 2 is 1.61 bits per heavy atom. The number of aromatic hydroxyl groups is 1. The first kappa shape index (κ1) is 19.4. The van der Waals surface area contributed by atoms with E-state index in [4.69, 9.17) is 4.55 Å². The Bertz CT molecular complexity index is 1190. The highest BCUT2D eigenvalue weighted by Crippen LogP contribution is 2.35. The van der Waals surface area contributed by atoms with Gasteiger partial charge in [0.25, 0.3) is 15.8 Å². The van der Waals surface area contributed by atoms with E-state index in [0.29, 0.717) is 22.0 Å². The van der Waals surface area contributed by atoms with E-state index in [-0.39, 0.29) is 23.5 Å². The first-order valence-corrected chi connectivity index (χ1v) is 9.70. The van der Waals surface area contributed by atoms with Gasteiger partial charge in [0, 0.05) is 16.8 Å². The number of nitro groups is 1. The zero-order chi connectivity index (χ0) is 20.3. The van der Waals surface area contributed by atoms with Crippen molar-refractivity contribution in [2.45, 2.75) is 6.42 Å². The molecule has 3 aromatic carbocycles. The average molecular weight is 401 g/mol. The zero-order valence-electron chi connectivity index (χ0n) is 14.4. The Hall–Kier alpha value is -3.37. The number of hydrogen-bond acceptors (Lipinski definition) is 7. The van der Waals surface area contributed by atoms with Crippen LogP contribution in [0.4, 0.5) is 17.1 Å². The van der Waals surface area contributed by atoms with Crippen LogP contribution in [0.3, 0.4) is 0 Å². The molecule has 0 bridgehead atoms. The third kappa shape index (κ3) is 4.48. The van der Waals surface area contributed by atoms with Gasteiger partial charge in [-0.3, -0.25) is 14.7 Å². The van der Waals surface area contributed by atoms with Crippen LogP contribution >= 0.6 is 0 Å². The number of phenols is 1. The average Bonchev–Trinajstić information content (AvgIpc) is 2.66. The van der Waals surface area contributed by atoms with E-state index < -0.39 is 20.8 Å². The minimum absolute atomic E-state index is 0.00207. The van der Waals surface area contributed by atoms with Crippen molar-refractivity contribution in [2.24, 2.45) is 10.2 Å². The number of aryl methyl sites for hydroxylation is 1. The second-order valence-electron chi connectivity index (χ2n) is 5.97. The van der Waals surface area contributed by atoms with Gasteiger partial charge in [-0.2, -0.15) is 8.42 Å². The molecule has 0 aliphatic carbocycles. The number of azo groups is 1. The fourth-order valence-electron chi connectivity index (χ4n) is 2.66. The van der Waals surface area contributed by atoms with Gasteiger partial charge in [-0.1, -0.05) is 30.3 Å². The van der Waals surface area contributed by atoms with Crippen LogP contribution < -0.4 is 0 Å². The van der Waals surface area contributed by atoms with E-state index in [2.05, 4.69) is 10.2 Å². The molecular weight excluding hydrogens is 386 g/mol. The second kappa shape index (κ2) is 7.71. The van der Waals surface area contributed by atoms with Crippen LogP contribution in [0.5, 0.6) is 5.75 Å². The van der Waals surface area contributed by atoms with Gasteiger partial charge < -0.3 is 5.11 Å². The minimum atomic E-state index is -4.17. The summed E-state index contributed by atoms with van der Waals surface area (Å²) in [5.41, 5.74) is 0.467. The minimum Gasteiger partial charge on any atom is -0.507 e. The largest absolute Gasteiger partial charge is 0.507 e. The van der Waals surface area contributed by atoms with Crippen LogP contribution in [0.1, 0.15) is 5.56 Å². The summed E-state index contributed by atoms with van der Waals surface area (Å²) in [6, 6.07) is 14.1. The van der Waals surface area contributed by atoms with Crippen LogP contribution in [0.2, 0.25) is 0 Å².